The summed E-state index contributed by atoms with van der Waals surface area (Å²) >= 11 is 3.36. The molecular weight excluding hydrogens is 274 g/mol. The number of hydrogen-bond acceptors (Lipinski definition) is 3. The molecule has 1 aromatic rings. The molecule has 0 unspecified atom stereocenters. The van der Waals surface area contributed by atoms with Crippen molar-refractivity contribution in [2.75, 3.05) is 7.11 Å². The van der Waals surface area contributed by atoms with E-state index in [1.54, 1.807) is 7.11 Å². The first kappa shape index (κ1) is 12.5. The summed E-state index contributed by atoms with van der Waals surface area (Å²) in [5.41, 5.74) is 8.78. The van der Waals surface area contributed by atoms with E-state index in [1.165, 1.54) is 6.21 Å². The summed E-state index contributed by atoms with van der Waals surface area (Å²) in [6.07, 6.45) is 1.49. The largest absolute Gasteiger partial charge is 0.495 e. The van der Waals surface area contributed by atoms with E-state index in [1.807, 2.05) is 19.1 Å². The maximum absolute atomic E-state index is 10.5. The van der Waals surface area contributed by atoms with Gasteiger partial charge in [-0.25, -0.2) is 10.2 Å². The SMILES string of the molecule is COc1c(Br)ccc(C)c1C=NNC(N)=O. The number of primary amides is 1. The number of halogens is 1. The molecule has 0 fully saturated rings. The van der Waals surface area contributed by atoms with E-state index < -0.39 is 6.03 Å². The van der Waals surface area contributed by atoms with Crippen molar-refractivity contribution in [2.24, 2.45) is 10.8 Å². The van der Waals surface area contributed by atoms with Crippen LogP contribution in [-0.2, 0) is 0 Å². The summed E-state index contributed by atoms with van der Waals surface area (Å²) in [6.45, 7) is 1.92. The summed E-state index contributed by atoms with van der Waals surface area (Å²) in [7, 11) is 1.57. The molecular formula is C10H12BrN3O2. The van der Waals surface area contributed by atoms with Crippen LogP contribution in [0.25, 0.3) is 0 Å². The zero-order valence-electron chi connectivity index (χ0n) is 8.95. The summed E-state index contributed by atoms with van der Waals surface area (Å²) in [5.74, 6) is 0.662. The van der Waals surface area contributed by atoms with Gasteiger partial charge in [0.1, 0.15) is 5.75 Å². The van der Waals surface area contributed by atoms with Gasteiger partial charge in [-0.15, -0.1) is 0 Å². The molecule has 0 radical (unpaired) electrons. The number of amides is 2. The number of nitrogens with zero attached hydrogens (tertiary/aromatic N) is 1. The summed E-state index contributed by atoms with van der Waals surface area (Å²) in [6, 6.07) is 3.09. The standard InChI is InChI=1S/C10H12BrN3O2/c1-6-3-4-8(11)9(16-2)7(6)5-13-14-10(12)15/h3-5H,1-2H3,(H3,12,14,15). The number of urea groups is 1. The Balaban J connectivity index is 3.06. The van der Waals surface area contributed by atoms with E-state index in [0.29, 0.717) is 5.75 Å². The van der Waals surface area contributed by atoms with Gasteiger partial charge in [-0.2, -0.15) is 5.10 Å². The number of ether oxygens (including phenoxy) is 1. The average molecular weight is 286 g/mol. The molecule has 1 aromatic carbocycles. The van der Waals surface area contributed by atoms with Crippen LogP contribution in [0, 0.1) is 6.92 Å². The summed E-state index contributed by atoms with van der Waals surface area (Å²) in [5, 5.41) is 3.70. The number of benzene rings is 1. The molecule has 0 saturated carbocycles. The van der Waals surface area contributed by atoms with Crippen LogP contribution < -0.4 is 15.9 Å². The minimum absolute atomic E-state index is 0.662. The second-order valence-corrected chi connectivity index (χ2v) is 3.90. The molecule has 0 spiro atoms. The number of hydrogen-bond donors (Lipinski definition) is 2. The van der Waals surface area contributed by atoms with Crippen LogP contribution in [0.4, 0.5) is 4.79 Å². The number of nitrogens with two attached hydrogens (primary N) is 1. The quantitative estimate of drug-likeness (QED) is 0.656. The molecule has 0 aliphatic rings. The average Bonchev–Trinajstić information content (AvgIpc) is 2.23. The molecule has 2 amide bonds. The third-order valence-corrected chi connectivity index (χ3v) is 2.56. The van der Waals surface area contributed by atoms with Crippen LogP contribution in [0.1, 0.15) is 11.1 Å². The number of hydrazone groups is 1. The van der Waals surface area contributed by atoms with Crippen molar-refractivity contribution in [1.29, 1.82) is 0 Å². The van der Waals surface area contributed by atoms with Gasteiger partial charge in [-0.3, -0.25) is 0 Å². The molecule has 0 atom stereocenters. The molecule has 0 saturated heterocycles. The van der Waals surface area contributed by atoms with E-state index in [9.17, 15) is 4.79 Å². The van der Waals surface area contributed by atoms with Crippen LogP contribution in [0.3, 0.4) is 0 Å². The van der Waals surface area contributed by atoms with Gasteiger partial charge >= 0.3 is 6.03 Å². The first-order chi connectivity index (χ1) is 7.56. The Morgan fingerprint density at radius 1 is 1.62 bits per heavy atom. The lowest BCUT2D eigenvalue weighted by molar-refractivity contribution is 0.249. The van der Waals surface area contributed by atoms with Gasteiger partial charge in [0.2, 0.25) is 0 Å². The van der Waals surface area contributed by atoms with Crippen molar-refractivity contribution >= 4 is 28.2 Å². The lowest BCUT2D eigenvalue weighted by Crippen LogP contribution is -2.24. The van der Waals surface area contributed by atoms with E-state index in [0.717, 1.165) is 15.6 Å². The maximum atomic E-state index is 10.5. The predicted octanol–water partition coefficient (Wildman–Crippen LogP) is 1.77. The van der Waals surface area contributed by atoms with E-state index >= 15 is 0 Å². The smallest absolute Gasteiger partial charge is 0.332 e. The molecule has 16 heavy (non-hydrogen) atoms. The molecule has 0 heterocycles. The van der Waals surface area contributed by atoms with Gasteiger partial charge in [-0.05, 0) is 34.5 Å². The van der Waals surface area contributed by atoms with E-state index in [4.69, 9.17) is 10.5 Å². The van der Waals surface area contributed by atoms with Gasteiger partial charge in [-0.1, -0.05) is 6.07 Å². The summed E-state index contributed by atoms with van der Waals surface area (Å²) < 4.78 is 6.05. The van der Waals surface area contributed by atoms with Crippen molar-refractivity contribution in [1.82, 2.24) is 5.43 Å². The first-order valence-corrected chi connectivity index (χ1v) is 5.27. The molecule has 86 valence electrons. The van der Waals surface area contributed by atoms with E-state index in [-0.39, 0.29) is 0 Å². The van der Waals surface area contributed by atoms with Crippen LogP contribution in [-0.4, -0.2) is 19.4 Å². The number of nitrogens with one attached hydrogen (secondary N) is 1. The van der Waals surface area contributed by atoms with Crippen LogP contribution in [0.5, 0.6) is 5.75 Å². The van der Waals surface area contributed by atoms with Gasteiger partial charge in [0.25, 0.3) is 0 Å². The van der Waals surface area contributed by atoms with Crippen LogP contribution in [0.2, 0.25) is 0 Å². The molecule has 6 heteroatoms. The topological polar surface area (TPSA) is 76.7 Å². The lowest BCUT2D eigenvalue weighted by Gasteiger charge is -2.09. The Hall–Kier alpha value is -1.56. The van der Waals surface area contributed by atoms with Crippen molar-refractivity contribution in [3.8, 4) is 5.75 Å². The van der Waals surface area contributed by atoms with Crippen LogP contribution in [0.15, 0.2) is 21.7 Å². The number of carbonyl (C=O) groups excluding carboxylic acids is 1. The molecule has 1 rings (SSSR count). The Morgan fingerprint density at radius 2 is 2.31 bits per heavy atom. The first-order valence-electron chi connectivity index (χ1n) is 4.48. The van der Waals surface area contributed by atoms with Gasteiger partial charge < -0.3 is 10.5 Å². The second kappa shape index (κ2) is 5.50. The predicted molar refractivity (Wildman–Crippen MR) is 65.7 cm³/mol. The Morgan fingerprint density at radius 3 is 2.88 bits per heavy atom. The number of rotatable bonds is 3. The fourth-order valence-corrected chi connectivity index (χ4v) is 1.71. The lowest BCUT2D eigenvalue weighted by atomic mass is 10.1. The highest BCUT2D eigenvalue weighted by atomic mass is 79.9. The minimum Gasteiger partial charge on any atom is -0.495 e. The van der Waals surface area contributed by atoms with Crippen LogP contribution >= 0.6 is 15.9 Å². The fourth-order valence-electron chi connectivity index (χ4n) is 1.20. The van der Waals surface area contributed by atoms with Gasteiger partial charge in [0.05, 0.1) is 17.8 Å². The Bertz CT molecular complexity index is 432. The highest BCUT2D eigenvalue weighted by molar-refractivity contribution is 9.10. The maximum Gasteiger partial charge on any atom is 0.332 e. The van der Waals surface area contributed by atoms with Crippen molar-refractivity contribution in [2.45, 2.75) is 6.92 Å². The number of carbonyl (C=O) groups is 1. The molecule has 0 aromatic heterocycles. The molecule has 0 bridgehead atoms. The van der Waals surface area contributed by atoms with Gasteiger partial charge in [0.15, 0.2) is 0 Å². The second-order valence-electron chi connectivity index (χ2n) is 3.05. The van der Waals surface area contributed by atoms with Gasteiger partial charge in [0, 0.05) is 5.56 Å². The highest BCUT2D eigenvalue weighted by Crippen LogP contribution is 2.29. The van der Waals surface area contributed by atoms with E-state index in [2.05, 4.69) is 26.5 Å². The molecule has 0 aliphatic carbocycles. The fraction of sp³-hybridized carbons (Fsp3) is 0.200. The zero-order chi connectivity index (χ0) is 12.1. The highest BCUT2D eigenvalue weighted by Gasteiger charge is 2.08. The zero-order valence-corrected chi connectivity index (χ0v) is 10.5. The van der Waals surface area contributed by atoms with Crippen molar-refractivity contribution in [3.05, 3.63) is 27.7 Å². The third kappa shape index (κ3) is 2.96. The normalized spacial score (nSPS) is 10.4. The molecule has 3 N–H and O–H groups in total. The summed E-state index contributed by atoms with van der Waals surface area (Å²) in [4.78, 5) is 10.5. The third-order valence-electron chi connectivity index (χ3n) is 1.94. The van der Waals surface area contributed by atoms with Crippen molar-refractivity contribution in [3.63, 3.8) is 0 Å². The molecule has 0 aliphatic heterocycles. The number of aryl methyl sites for hydroxylation is 1. The Labute approximate surface area is 102 Å². The van der Waals surface area contributed by atoms with Crippen molar-refractivity contribution < 1.29 is 9.53 Å². The minimum atomic E-state index is -0.706. The monoisotopic (exact) mass is 285 g/mol. The molecule has 5 nitrogen and oxygen atoms in total. The number of methoxy groups -OCH3 is 1. The Kier molecular flexibility index (Phi) is 4.30.